The molecule has 0 spiro atoms. The molecule has 198 valence electrons. The van der Waals surface area contributed by atoms with Crippen LogP contribution in [0, 0.1) is 0 Å². The van der Waals surface area contributed by atoms with Crippen molar-refractivity contribution in [2.75, 3.05) is 5.32 Å². The molecule has 38 heavy (non-hydrogen) atoms. The topological polar surface area (TPSA) is 93.5 Å². The summed E-state index contributed by atoms with van der Waals surface area (Å²) in [5.74, 6) is 0.797. The molecule has 0 aliphatic heterocycles. The summed E-state index contributed by atoms with van der Waals surface area (Å²) in [5.41, 5.74) is 5.01. The maximum atomic E-state index is 12.9. The van der Waals surface area contributed by atoms with Gasteiger partial charge in [-0.05, 0) is 91.9 Å². The quantitative estimate of drug-likeness (QED) is 0.387. The van der Waals surface area contributed by atoms with Crippen LogP contribution in [0.4, 0.5) is 10.6 Å². The molecular weight excluding hydrogens is 478 g/mol. The average Bonchev–Trinajstić information content (AvgIpc) is 3.68. The largest absolute Gasteiger partial charge is 0.481 e. The van der Waals surface area contributed by atoms with E-state index in [2.05, 4.69) is 34.7 Å². The molecule has 3 aliphatic rings. The van der Waals surface area contributed by atoms with Crippen molar-refractivity contribution in [3.63, 3.8) is 0 Å². The number of aromatic nitrogens is 2. The molecule has 7 heteroatoms. The van der Waals surface area contributed by atoms with Crippen molar-refractivity contribution in [3.05, 3.63) is 82.5 Å². The molecule has 0 radical (unpaired) electrons. The minimum Gasteiger partial charge on any atom is -0.481 e. The van der Waals surface area contributed by atoms with Gasteiger partial charge in [-0.2, -0.15) is 5.10 Å². The van der Waals surface area contributed by atoms with E-state index in [1.165, 1.54) is 11.1 Å². The molecule has 3 aliphatic carbocycles. The van der Waals surface area contributed by atoms with Crippen molar-refractivity contribution in [1.82, 2.24) is 9.78 Å². The number of aliphatic carboxylic acids is 1. The van der Waals surface area contributed by atoms with Crippen molar-refractivity contribution in [2.24, 2.45) is 7.05 Å². The van der Waals surface area contributed by atoms with Crippen LogP contribution in [0.25, 0.3) is 0 Å². The van der Waals surface area contributed by atoms with E-state index in [1.807, 2.05) is 37.5 Å². The third-order valence-corrected chi connectivity index (χ3v) is 9.01. The van der Waals surface area contributed by atoms with Gasteiger partial charge in [0.2, 0.25) is 0 Å². The molecule has 1 amide bonds. The van der Waals surface area contributed by atoms with Gasteiger partial charge in [0.1, 0.15) is 11.9 Å². The summed E-state index contributed by atoms with van der Waals surface area (Å²) >= 11 is 0. The number of benzene rings is 2. The predicted molar refractivity (Wildman–Crippen MR) is 144 cm³/mol. The number of nitrogens with one attached hydrogen (secondary N) is 1. The number of nitrogens with zero attached hydrogens (tertiary/aromatic N) is 2. The van der Waals surface area contributed by atoms with E-state index >= 15 is 0 Å². The third kappa shape index (κ3) is 4.59. The fourth-order valence-electron chi connectivity index (χ4n) is 6.56. The van der Waals surface area contributed by atoms with Gasteiger partial charge in [-0.25, -0.2) is 4.79 Å². The van der Waals surface area contributed by atoms with Crippen LogP contribution in [-0.2, 0) is 28.4 Å². The van der Waals surface area contributed by atoms with Crippen LogP contribution in [-0.4, -0.2) is 26.9 Å². The maximum Gasteiger partial charge on any atom is 0.413 e. The van der Waals surface area contributed by atoms with E-state index in [0.29, 0.717) is 11.8 Å². The molecule has 1 heterocycles. The number of fused-ring (bicyclic) bond motifs is 1. The van der Waals surface area contributed by atoms with Gasteiger partial charge in [0.15, 0.2) is 0 Å². The Morgan fingerprint density at radius 3 is 2.39 bits per heavy atom. The number of rotatable bonds is 6. The van der Waals surface area contributed by atoms with E-state index in [4.69, 9.17) is 4.74 Å². The second-order valence-electron chi connectivity index (χ2n) is 11.2. The zero-order chi connectivity index (χ0) is 26.3. The van der Waals surface area contributed by atoms with Crippen LogP contribution in [0.2, 0.25) is 0 Å². The Morgan fingerprint density at radius 2 is 1.68 bits per heavy atom. The molecule has 2 saturated carbocycles. The fraction of sp³-hybridized carbons (Fsp3) is 0.452. The summed E-state index contributed by atoms with van der Waals surface area (Å²) in [5, 5.41) is 17.0. The summed E-state index contributed by atoms with van der Waals surface area (Å²) < 4.78 is 7.62. The molecule has 7 nitrogen and oxygen atoms in total. The smallest absolute Gasteiger partial charge is 0.413 e. The Bertz CT molecular complexity index is 1330. The summed E-state index contributed by atoms with van der Waals surface area (Å²) in [6.45, 7) is 0. The van der Waals surface area contributed by atoms with E-state index < -0.39 is 17.5 Å². The zero-order valence-electron chi connectivity index (χ0n) is 21.9. The SMILES string of the molecule is Cn1ncc(C2CCC(c3ccc(C4(C(=O)O)CC4)cc3)CC2)c1NC(=O)O[C@H]1CCCc2ccccc21. The van der Waals surface area contributed by atoms with Gasteiger partial charge < -0.3 is 9.84 Å². The van der Waals surface area contributed by atoms with Crippen molar-refractivity contribution in [1.29, 1.82) is 0 Å². The van der Waals surface area contributed by atoms with E-state index in [9.17, 15) is 14.7 Å². The van der Waals surface area contributed by atoms with Crippen LogP contribution in [0.3, 0.4) is 0 Å². The van der Waals surface area contributed by atoms with E-state index in [-0.39, 0.29) is 6.10 Å². The Balaban J connectivity index is 1.08. The molecule has 2 N–H and O–H groups in total. The first-order chi connectivity index (χ1) is 18.4. The minimum atomic E-state index is -0.709. The van der Waals surface area contributed by atoms with Crippen LogP contribution < -0.4 is 5.32 Å². The van der Waals surface area contributed by atoms with Gasteiger partial charge in [0.05, 0.1) is 11.6 Å². The molecule has 0 saturated heterocycles. The Hall–Kier alpha value is -3.61. The molecule has 6 rings (SSSR count). The number of aryl methyl sites for hydroxylation is 2. The molecular formula is C31H35N3O4. The molecule has 2 aromatic carbocycles. The van der Waals surface area contributed by atoms with Gasteiger partial charge in [-0.3, -0.25) is 14.8 Å². The van der Waals surface area contributed by atoms with Gasteiger partial charge >= 0.3 is 12.1 Å². The number of hydrogen-bond donors (Lipinski definition) is 2. The second-order valence-corrected chi connectivity index (χ2v) is 11.2. The lowest BCUT2D eigenvalue weighted by atomic mass is 9.76. The summed E-state index contributed by atoms with van der Waals surface area (Å²) in [6, 6.07) is 16.5. The zero-order valence-corrected chi connectivity index (χ0v) is 21.9. The number of carbonyl (C=O) groups is 2. The molecule has 0 bridgehead atoms. The first-order valence-electron chi connectivity index (χ1n) is 13.9. The van der Waals surface area contributed by atoms with Crippen LogP contribution in [0.5, 0.6) is 0 Å². The number of carboxylic acids is 1. The maximum absolute atomic E-state index is 12.9. The highest BCUT2D eigenvalue weighted by molar-refractivity contribution is 5.85. The second kappa shape index (κ2) is 9.93. The lowest BCUT2D eigenvalue weighted by Gasteiger charge is -2.29. The molecule has 1 aromatic heterocycles. The highest BCUT2D eigenvalue weighted by atomic mass is 16.6. The van der Waals surface area contributed by atoms with Crippen molar-refractivity contribution in [3.8, 4) is 0 Å². The highest BCUT2D eigenvalue weighted by Gasteiger charge is 2.51. The Kier molecular flexibility index (Phi) is 6.46. The lowest BCUT2D eigenvalue weighted by molar-refractivity contribution is -0.140. The first kappa shape index (κ1) is 24.7. The molecule has 2 fully saturated rings. The number of carboxylic acid groups (broad SMARTS) is 1. The summed E-state index contributed by atoms with van der Waals surface area (Å²) in [7, 11) is 1.85. The van der Waals surface area contributed by atoms with Crippen molar-refractivity contribution >= 4 is 17.9 Å². The van der Waals surface area contributed by atoms with Gasteiger partial charge in [-0.15, -0.1) is 0 Å². The predicted octanol–water partition coefficient (Wildman–Crippen LogP) is 6.60. The van der Waals surface area contributed by atoms with Crippen LogP contribution in [0.15, 0.2) is 54.7 Å². The van der Waals surface area contributed by atoms with Crippen molar-refractivity contribution < 1.29 is 19.4 Å². The highest BCUT2D eigenvalue weighted by Crippen LogP contribution is 2.49. The number of anilines is 1. The number of carbonyl (C=O) groups excluding carboxylic acids is 1. The van der Waals surface area contributed by atoms with Gasteiger partial charge in [0, 0.05) is 12.6 Å². The third-order valence-electron chi connectivity index (χ3n) is 9.01. The lowest BCUT2D eigenvalue weighted by Crippen LogP contribution is -2.23. The van der Waals surface area contributed by atoms with Gasteiger partial charge in [-0.1, -0.05) is 48.5 Å². The average molecular weight is 514 g/mol. The number of ether oxygens (including phenoxy) is 1. The number of amides is 1. The number of hydrogen-bond acceptors (Lipinski definition) is 4. The molecule has 0 unspecified atom stereocenters. The van der Waals surface area contributed by atoms with Crippen molar-refractivity contribution in [2.45, 2.75) is 81.1 Å². The van der Waals surface area contributed by atoms with Gasteiger partial charge in [0.25, 0.3) is 0 Å². The van der Waals surface area contributed by atoms with Crippen LogP contribution in [0.1, 0.15) is 97.1 Å². The molecule has 1 atom stereocenters. The summed E-state index contributed by atoms with van der Waals surface area (Å²) in [6.07, 6.45) is 9.69. The minimum absolute atomic E-state index is 0.219. The van der Waals surface area contributed by atoms with E-state index in [1.54, 1.807) is 4.68 Å². The standard InChI is InChI=1S/C31H35N3O4/c1-34-28(33-30(37)38-27-8-4-6-22-5-2-3-7-25(22)27)26(19-32-34)23-11-9-20(10-12-23)21-13-15-24(16-14-21)31(17-18-31)29(35)36/h2-3,5,7,13-16,19-20,23,27H,4,6,8-12,17-18H2,1H3,(H,33,37)(H,35,36)/t20?,23?,27-/m0/s1. The monoisotopic (exact) mass is 513 g/mol. The summed E-state index contributed by atoms with van der Waals surface area (Å²) in [4.78, 5) is 24.6. The first-order valence-corrected chi connectivity index (χ1v) is 13.9. The normalized spacial score (nSPS) is 23.8. The molecule has 3 aromatic rings. The Labute approximate surface area is 223 Å². The van der Waals surface area contributed by atoms with E-state index in [0.717, 1.165) is 80.3 Å². The fourth-order valence-corrected chi connectivity index (χ4v) is 6.56. The Morgan fingerprint density at radius 1 is 0.974 bits per heavy atom. The van der Waals surface area contributed by atoms with Crippen LogP contribution >= 0.6 is 0 Å².